The van der Waals surface area contributed by atoms with Crippen LogP contribution in [-0.2, 0) is 21.2 Å². The van der Waals surface area contributed by atoms with Crippen molar-refractivity contribution in [3.8, 4) is 5.75 Å². The first-order valence-electron chi connectivity index (χ1n) is 12.9. The molecule has 38 heavy (non-hydrogen) atoms. The second-order valence-corrected chi connectivity index (χ2v) is 12.4. The van der Waals surface area contributed by atoms with Crippen molar-refractivity contribution in [2.24, 2.45) is 11.8 Å². The van der Waals surface area contributed by atoms with Gasteiger partial charge in [-0.15, -0.1) is 0 Å². The lowest BCUT2D eigenvalue weighted by atomic mass is 9.66. The molecule has 3 aromatic carbocycles. The van der Waals surface area contributed by atoms with Crippen molar-refractivity contribution in [1.29, 1.82) is 0 Å². The lowest BCUT2D eigenvalue weighted by molar-refractivity contribution is -0.152. The van der Waals surface area contributed by atoms with Gasteiger partial charge in [0.05, 0.1) is 17.9 Å². The minimum Gasteiger partial charge on any atom is -0.496 e. The number of sulfone groups is 1. The first-order chi connectivity index (χ1) is 18.3. The van der Waals surface area contributed by atoms with Crippen molar-refractivity contribution in [3.05, 3.63) is 95.6 Å². The summed E-state index contributed by atoms with van der Waals surface area (Å²) in [5.41, 5.74) is 3.10. The molecule has 3 saturated heterocycles. The smallest absolute Gasteiger partial charge is 0.308 e. The molecule has 6 rings (SSSR count). The van der Waals surface area contributed by atoms with Crippen LogP contribution in [0.15, 0.2) is 83.8 Å². The maximum Gasteiger partial charge on any atom is 0.308 e. The topological polar surface area (TPSA) is 95.9 Å². The van der Waals surface area contributed by atoms with Gasteiger partial charge in [-0.3, -0.25) is 9.69 Å². The van der Waals surface area contributed by atoms with Gasteiger partial charge in [0.2, 0.25) is 0 Å². The number of methoxy groups -OCH3 is 1. The Morgan fingerprint density at radius 3 is 2.24 bits per heavy atom. The molecular weight excluding hydrogens is 500 g/mol. The van der Waals surface area contributed by atoms with Crippen molar-refractivity contribution < 1.29 is 23.1 Å². The predicted molar refractivity (Wildman–Crippen MR) is 146 cm³/mol. The largest absolute Gasteiger partial charge is 0.496 e. The fourth-order valence-electron chi connectivity index (χ4n) is 6.39. The number of carbonyl (C=O) groups is 1. The Kier molecular flexibility index (Phi) is 7.56. The quantitative estimate of drug-likeness (QED) is 0.431. The molecule has 3 fully saturated rings. The van der Waals surface area contributed by atoms with Crippen LogP contribution in [0.1, 0.15) is 29.0 Å². The summed E-state index contributed by atoms with van der Waals surface area (Å²) in [5, 5.41) is 13.8. The molecule has 7 nitrogen and oxygen atoms in total. The summed E-state index contributed by atoms with van der Waals surface area (Å²) in [4.78, 5) is 14.9. The number of carboxylic acids is 1. The van der Waals surface area contributed by atoms with E-state index in [1.807, 2.05) is 36.4 Å². The van der Waals surface area contributed by atoms with Crippen LogP contribution in [0.4, 0.5) is 0 Å². The van der Waals surface area contributed by atoms with Gasteiger partial charge >= 0.3 is 5.97 Å². The molecule has 3 heterocycles. The van der Waals surface area contributed by atoms with Crippen LogP contribution in [0.2, 0.25) is 0 Å². The maximum atomic E-state index is 12.3. The molecule has 2 N–H and O–H groups in total. The fourth-order valence-corrected chi connectivity index (χ4v) is 7.06. The third-order valence-corrected chi connectivity index (χ3v) is 9.24. The lowest BCUT2D eigenvalue weighted by Gasteiger charge is -2.56. The Morgan fingerprint density at radius 1 is 1.05 bits per heavy atom. The molecule has 3 aliphatic heterocycles. The number of nitrogens with one attached hydrogen (secondary N) is 1. The summed E-state index contributed by atoms with van der Waals surface area (Å²) in [7, 11) is -1.82. The molecule has 3 aromatic rings. The van der Waals surface area contributed by atoms with Crippen molar-refractivity contribution in [3.63, 3.8) is 0 Å². The normalized spacial score (nSPS) is 24.9. The van der Waals surface area contributed by atoms with E-state index in [0.717, 1.165) is 18.5 Å². The zero-order valence-electron chi connectivity index (χ0n) is 21.7. The summed E-state index contributed by atoms with van der Waals surface area (Å²) >= 11 is 0. The van der Waals surface area contributed by atoms with E-state index in [4.69, 9.17) is 4.74 Å². The van der Waals surface area contributed by atoms with E-state index in [-0.39, 0.29) is 28.8 Å². The number of ether oxygens (including phenoxy) is 1. The fraction of sp³-hybridized carbons (Fsp3) is 0.367. The zero-order chi connectivity index (χ0) is 26.9. The van der Waals surface area contributed by atoms with Crippen LogP contribution < -0.4 is 10.1 Å². The van der Waals surface area contributed by atoms with Crippen LogP contribution in [-0.4, -0.2) is 62.9 Å². The van der Waals surface area contributed by atoms with Crippen LogP contribution in [0, 0.1) is 11.8 Å². The highest BCUT2D eigenvalue weighted by atomic mass is 32.2. The van der Waals surface area contributed by atoms with E-state index in [9.17, 15) is 18.3 Å². The van der Waals surface area contributed by atoms with Crippen LogP contribution in [0.3, 0.4) is 0 Å². The van der Waals surface area contributed by atoms with E-state index in [1.165, 1.54) is 17.4 Å². The van der Waals surface area contributed by atoms with Gasteiger partial charge in [-0.1, -0.05) is 60.7 Å². The standard InChI is InChI=1S/C30H34N2O5S/c1-37-26-14-13-23(38(2,35)36)17-22(26)18-31-28-24-15-16-32(19-25(24)30(33)34)29(28)27(20-9-5-3-6-10-20)21-11-7-4-8-12-21/h3-14,17,24-25,27-29,31H,15-16,18-19H2,1-2H3,(H,33,34)/t24-,25-,28?,29-/m0/s1. The van der Waals surface area contributed by atoms with Crippen molar-refractivity contribution in [1.82, 2.24) is 10.2 Å². The number of benzene rings is 3. The highest BCUT2D eigenvalue weighted by Gasteiger charge is 2.52. The molecule has 5 atom stereocenters. The van der Waals surface area contributed by atoms with E-state index in [0.29, 0.717) is 18.8 Å². The number of hydrogen-bond acceptors (Lipinski definition) is 6. The second-order valence-electron chi connectivity index (χ2n) is 10.3. The summed E-state index contributed by atoms with van der Waals surface area (Å²) in [6, 6.07) is 25.6. The van der Waals surface area contributed by atoms with Gasteiger partial charge < -0.3 is 15.2 Å². The number of piperidine rings is 3. The summed E-state index contributed by atoms with van der Waals surface area (Å²) in [5.74, 6) is -0.648. The molecule has 200 valence electrons. The predicted octanol–water partition coefficient (Wildman–Crippen LogP) is 3.79. The number of fused-ring (bicyclic) bond motifs is 3. The zero-order valence-corrected chi connectivity index (χ0v) is 22.5. The van der Waals surface area contributed by atoms with E-state index < -0.39 is 21.7 Å². The molecule has 3 aliphatic rings. The highest BCUT2D eigenvalue weighted by Crippen LogP contribution is 2.44. The minimum atomic E-state index is -3.39. The number of rotatable bonds is 9. The Morgan fingerprint density at radius 2 is 1.68 bits per heavy atom. The molecule has 2 bridgehead atoms. The van der Waals surface area contributed by atoms with Gasteiger partial charge in [-0.2, -0.15) is 0 Å². The van der Waals surface area contributed by atoms with Crippen LogP contribution in [0.5, 0.6) is 5.75 Å². The summed E-state index contributed by atoms with van der Waals surface area (Å²) in [6.45, 7) is 1.73. The van der Waals surface area contributed by atoms with Gasteiger partial charge in [-0.05, 0) is 48.2 Å². The molecule has 0 spiro atoms. The maximum absolute atomic E-state index is 12.3. The summed E-state index contributed by atoms with van der Waals surface area (Å²) in [6.07, 6.45) is 1.99. The summed E-state index contributed by atoms with van der Waals surface area (Å²) < 4.78 is 30.0. The Labute approximate surface area is 224 Å². The average Bonchev–Trinajstić information content (AvgIpc) is 2.93. The number of aliphatic carboxylic acids is 1. The molecular formula is C30H34N2O5S. The average molecular weight is 535 g/mol. The monoisotopic (exact) mass is 534 g/mol. The second kappa shape index (κ2) is 10.9. The first-order valence-corrected chi connectivity index (χ1v) is 14.8. The van der Waals surface area contributed by atoms with Gasteiger partial charge in [0, 0.05) is 42.9 Å². The molecule has 0 aromatic heterocycles. The van der Waals surface area contributed by atoms with E-state index >= 15 is 0 Å². The number of hydrogen-bond donors (Lipinski definition) is 2. The first kappa shape index (κ1) is 26.4. The Balaban J connectivity index is 1.55. The van der Waals surface area contributed by atoms with Gasteiger partial charge in [0.25, 0.3) is 0 Å². The third-order valence-electron chi connectivity index (χ3n) is 8.13. The molecule has 2 unspecified atom stereocenters. The molecule has 0 amide bonds. The van der Waals surface area contributed by atoms with Crippen molar-refractivity contribution in [2.75, 3.05) is 26.5 Å². The minimum absolute atomic E-state index is 0.0261. The Bertz CT molecular complexity index is 1340. The molecule has 8 heteroatoms. The van der Waals surface area contributed by atoms with Crippen LogP contribution in [0.25, 0.3) is 0 Å². The van der Waals surface area contributed by atoms with Gasteiger partial charge in [0.1, 0.15) is 5.75 Å². The SMILES string of the molecule is COc1ccc(S(C)(=O)=O)cc1CNC1[C@H](C(c2ccccc2)c2ccccc2)N2CC[C@H]1[C@@H](C(=O)O)C2. The number of nitrogens with zero attached hydrogens (tertiary/aromatic N) is 1. The van der Waals surface area contributed by atoms with E-state index in [1.54, 1.807) is 25.3 Å². The molecule has 0 saturated carbocycles. The van der Waals surface area contributed by atoms with Gasteiger partial charge in [-0.25, -0.2) is 8.42 Å². The van der Waals surface area contributed by atoms with Crippen molar-refractivity contribution >= 4 is 15.8 Å². The molecule has 0 aliphatic carbocycles. The third kappa shape index (κ3) is 5.21. The Hall–Kier alpha value is -3.20. The van der Waals surface area contributed by atoms with E-state index in [2.05, 4.69) is 34.5 Å². The number of carboxylic acid groups (broad SMARTS) is 1. The van der Waals surface area contributed by atoms with Gasteiger partial charge in [0.15, 0.2) is 9.84 Å². The molecule has 0 radical (unpaired) electrons. The lowest BCUT2D eigenvalue weighted by Crippen LogP contribution is -2.68. The highest BCUT2D eigenvalue weighted by molar-refractivity contribution is 7.90. The van der Waals surface area contributed by atoms with Crippen LogP contribution >= 0.6 is 0 Å². The van der Waals surface area contributed by atoms with Crippen molar-refractivity contribution in [2.45, 2.75) is 35.9 Å².